The summed E-state index contributed by atoms with van der Waals surface area (Å²) >= 11 is 0. The molecule has 0 saturated heterocycles. The fraction of sp³-hybridized carbons (Fsp3) is 0.754. The lowest BCUT2D eigenvalue weighted by Gasteiger charge is -2.18. The van der Waals surface area contributed by atoms with E-state index in [1.54, 1.807) is 0 Å². The van der Waals surface area contributed by atoms with Gasteiger partial charge in [0.15, 0.2) is 6.10 Å². The predicted octanol–water partition coefficient (Wildman–Crippen LogP) is 21.9. The minimum atomic E-state index is -0.790. The molecule has 0 heterocycles. The lowest BCUT2D eigenvalue weighted by atomic mass is 10.0. The zero-order valence-corrected chi connectivity index (χ0v) is 49.6. The van der Waals surface area contributed by atoms with E-state index in [9.17, 15) is 14.4 Å². The first-order valence-electron chi connectivity index (χ1n) is 32.1. The summed E-state index contributed by atoms with van der Waals surface area (Å²) < 4.78 is 16.9. The second kappa shape index (κ2) is 63.1. The Bertz CT molecular complexity index is 1430. The highest BCUT2D eigenvalue weighted by atomic mass is 16.6. The molecule has 0 radical (unpaired) electrons. The molecule has 6 heteroatoms. The number of ether oxygens (including phenoxy) is 3. The van der Waals surface area contributed by atoms with Crippen molar-refractivity contribution in [3.63, 3.8) is 0 Å². The van der Waals surface area contributed by atoms with Crippen molar-refractivity contribution in [1.82, 2.24) is 0 Å². The van der Waals surface area contributed by atoms with Crippen LogP contribution < -0.4 is 0 Å². The molecule has 0 aromatic heterocycles. The van der Waals surface area contributed by atoms with Crippen LogP contribution in [-0.4, -0.2) is 37.2 Å². The Morgan fingerprint density at radius 2 is 0.507 bits per heavy atom. The summed E-state index contributed by atoms with van der Waals surface area (Å²) in [6, 6.07) is 0. The van der Waals surface area contributed by atoms with E-state index in [0.717, 1.165) is 128 Å². The maximum absolute atomic E-state index is 12.9. The first-order chi connectivity index (χ1) is 37.0. The third kappa shape index (κ3) is 61.3. The van der Waals surface area contributed by atoms with Crippen LogP contribution in [0.15, 0.2) is 85.1 Å². The Kier molecular flexibility index (Phi) is 60.3. The van der Waals surface area contributed by atoms with Crippen molar-refractivity contribution in [2.24, 2.45) is 0 Å². The van der Waals surface area contributed by atoms with Gasteiger partial charge < -0.3 is 14.2 Å². The van der Waals surface area contributed by atoms with Gasteiger partial charge in [-0.1, -0.05) is 266 Å². The topological polar surface area (TPSA) is 78.9 Å². The van der Waals surface area contributed by atoms with Gasteiger partial charge in [0.25, 0.3) is 0 Å². The van der Waals surface area contributed by atoms with Crippen LogP contribution in [0.5, 0.6) is 0 Å². The third-order valence-corrected chi connectivity index (χ3v) is 13.8. The highest BCUT2D eigenvalue weighted by molar-refractivity contribution is 5.71. The molecular weight excluding hydrogens is 925 g/mol. The normalized spacial score (nSPS) is 12.6. The van der Waals surface area contributed by atoms with Crippen LogP contribution in [0.4, 0.5) is 0 Å². The highest BCUT2D eigenvalue weighted by Gasteiger charge is 2.19. The van der Waals surface area contributed by atoms with Crippen LogP contribution in [0, 0.1) is 0 Å². The number of hydrogen-bond acceptors (Lipinski definition) is 6. The molecule has 0 N–H and O–H groups in total. The lowest BCUT2D eigenvalue weighted by molar-refractivity contribution is -0.167. The molecular formula is C69H120O6. The molecule has 0 amide bonds. The third-order valence-electron chi connectivity index (χ3n) is 13.8. The molecule has 0 bridgehead atoms. The van der Waals surface area contributed by atoms with E-state index < -0.39 is 6.10 Å². The quantitative estimate of drug-likeness (QED) is 0.0261. The Balaban J connectivity index is 4.23. The van der Waals surface area contributed by atoms with Gasteiger partial charge in [-0.3, -0.25) is 14.4 Å². The second-order valence-corrected chi connectivity index (χ2v) is 21.3. The summed E-state index contributed by atoms with van der Waals surface area (Å²) in [5.41, 5.74) is 0. The molecule has 0 aromatic carbocycles. The van der Waals surface area contributed by atoms with Crippen LogP contribution in [0.1, 0.15) is 316 Å². The van der Waals surface area contributed by atoms with Crippen molar-refractivity contribution in [3.05, 3.63) is 85.1 Å². The van der Waals surface area contributed by atoms with Crippen LogP contribution in [0.3, 0.4) is 0 Å². The van der Waals surface area contributed by atoms with Gasteiger partial charge in [-0.05, 0) is 116 Å². The van der Waals surface area contributed by atoms with Crippen molar-refractivity contribution in [2.45, 2.75) is 322 Å². The first-order valence-corrected chi connectivity index (χ1v) is 32.1. The summed E-state index contributed by atoms with van der Waals surface area (Å²) in [7, 11) is 0. The second-order valence-electron chi connectivity index (χ2n) is 21.3. The van der Waals surface area contributed by atoms with Gasteiger partial charge in [0.1, 0.15) is 13.2 Å². The van der Waals surface area contributed by atoms with Gasteiger partial charge in [-0.15, -0.1) is 0 Å². The smallest absolute Gasteiger partial charge is 0.306 e. The zero-order chi connectivity index (χ0) is 54.3. The van der Waals surface area contributed by atoms with Crippen LogP contribution >= 0.6 is 0 Å². The maximum atomic E-state index is 12.9. The molecule has 0 aliphatic carbocycles. The largest absolute Gasteiger partial charge is 0.462 e. The first kappa shape index (κ1) is 71.6. The molecule has 1 unspecified atom stereocenters. The standard InChI is InChI=1S/C69H120O6/c1-4-7-10-13-16-19-22-25-27-28-29-30-31-32-33-34-35-36-37-38-39-40-42-44-47-50-53-56-59-62-68(71)74-65-66(64-73-67(70)61-58-55-52-49-46-43-24-21-18-15-12-9-6-3)75-69(72)63-60-57-54-51-48-45-41-26-23-20-17-14-11-8-5-2/h12,15,17,20-22,24-26,28-29,31-32,41,66H,4-11,13-14,16,18-19,23,27,30,33-40,42-65H2,1-3H3/b15-12-,20-17-,24-21-,25-22-,29-28-,32-31-,41-26-. The van der Waals surface area contributed by atoms with Gasteiger partial charge in [-0.2, -0.15) is 0 Å². The summed E-state index contributed by atoms with van der Waals surface area (Å²) in [4.78, 5) is 38.2. The van der Waals surface area contributed by atoms with E-state index in [1.807, 2.05) is 0 Å². The van der Waals surface area contributed by atoms with E-state index in [-0.39, 0.29) is 31.1 Å². The molecule has 0 aromatic rings. The molecule has 75 heavy (non-hydrogen) atoms. The Morgan fingerprint density at radius 3 is 0.827 bits per heavy atom. The average Bonchev–Trinajstić information content (AvgIpc) is 3.41. The number of esters is 3. The van der Waals surface area contributed by atoms with Crippen molar-refractivity contribution in [3.8, 4) is 0 Å². The zero-order valence-electron chi connectivity index (χ0n) is 49.6. The number of hydrogen-bond donors (Lipinski definition) is 0. The molecule has 6 nitrogen and oxygen atoms in total. The minimum Gasteiger partial charge on any atom is -0.462 e. The molecule has 0 saturated carbocycles. The van der Waals surface area contributed by atoms with E-state index in [0.29, 0.717) is 19.3 Å². The Morgan fingerprint density at radius 1 is 0.267 bits per heavy atom. The van der Waals surface area contributed by atoms with Crippen molar-refractivity contribution in [1.29, 1.82) is 0 Å². The van der Waals surface area contributed by atoms with E-state index in [2.05, 4.69) is 106 Å². The molecule has 0 aliphatic rings. The van der Waals surface area contributed by atoms with Gasteiger partial charge in [0, 0.05) is 19.3 Å². The van der Waals surface area contributed by atoms with E-state index in [1.165, 1.54) is 148 Å². The number of rotatable bonds is 58. The summed E-state index contributed by atoms with van der Waals surface area (Å²) in [6.07, 6.45) is 83.1. The number of carbonyl (C=O) groups excluding carboxylic acids is 3. The minimum absolute atomic E-state index is 0.0859. The van der Waals surface area contributed by atoms with E-state index >= 15 is 0 Å². The average molecular weight is 1050 g/mol. The molecule has 0 spiro atoms. The number of unbranched alkanes of at least 4 members (excludes halogenated alkanes) is 33. The van der Waals surface area contributed by atoms with Crippen LogP contribution in [0.25, 0.3) is 0 Å². The van der Waals surface area contributed by atoms with Crippen LogP contribution in [-0.2, 0) is 28.6 Å². The summed E-state index contributed by atoms with van der Waals surface area (Å²) in [5, 5.41) is 0. The predicted molar refractivity (Wildman–Crippen MR) is 325 cm³/mol. The molecule has 0 fully saturated rings. The molecule has 432 valence electrons. The summed E-state index contributed by atoms with van der Waals surface area (Å²) in [5.74, 6) is -0.906. The highest BCUT2D eigenvalue weighted by Crippen LogP contribution is 2.16. The van der Waals surface area contributed by atoms with Crippen molar-refractivity contribution >= 4 is 17.9 Å². The van der Waals surface area contributed by atoms with Gasteiger partial charge in [0.2, 0.25) is 0 Å². The molecule has 0 aliphatic heterocycles. The fourth-order valence-electron chi connectivity index (χ4n) is 8.99. The van der Waals surface area contributed by atoms with Gasteiger partial charge in [0.05, 0.1) is 0 Å². The Labute approximate surface area is 465 Å². The van der Waals surface area contributed by atoms with E-state index in [4.69, 9.17) is 14.2 Å². The number of allylic oxidation sites excluding steroid dienone is 14. The fourth-order valence-corrected chi connectivity index (χ4v) is 8.99. The summed E-state index contributed by atoms with van der Waals surface area (Å²) in [6.45, 7) is 6.54. The maximum Gasteiger partial charge on any atom is 0.306 e. The van der Waals surface area contributed by atoms with Crippen molar-refractivity contribution < 1.29 is 28.6 Å². The Hall–Kier alpha value is -3.41. The van der Waals surface area contributed by atoms with Gasteiger partial charge in [-0.25, -0.2) is 0 Å². The molecule has 0 rings (SSSR count). The molecule has 1 atom stereocenters. The monoisotopic (exact) mass is 1040 g/mol. The lowest BCUT2D eigenvalue weighted by Crippen LogP contribution is -2.30. The SMILES string of the molecule is CCC/C=C\C/C=C\CCCCCCCC(=O)OCC(COC(=O)CCCCCCCCCCCCCCCC/C=C\C/C=C\C/C=C\CCCCCCC)OC(=O)CCCCCCC/C=C\C/C=C\CCCCC. The number of carbonyl (C=O) groups is 3. The van der Waals surface area contributed by atoms with Crippen LogP contribution in [0.2, 0.25) is 0 Å². The van der Waals surface area contributed by atoms with Crippen molar-refractivity contribution in [2.75, 3.05) is 13.2 Å². The van der Waals surface area contributed by atoms with Gasteiger partial charge >= 0.3 is 17.9 Å².